The summed E-state index contributed by atoms with van der Waals surface area (Å²) in [6.07, 6.45) is 2.99. The second-order valence-electron chi connectivity index (χ2n) is 7.26. The van der Waals surface area contributed by atoms with Crippen LogP contribution in [-0.4, -0.2) is 41.9 Å². The molecule has 0 spiro atoms. The molecular formula is C21H29NO4. The van der Waals surface area contributed by atoms with Gasteiger partial charge in [0.1, 0.15) is 5.60 Å². The van der Waals surface area contributed by atoms with Gasteiger partial charge in [-0.3, -0.25) is 4.90 Å². The van der Waals surface area contributed by atoms with Crippen molar-refractivity contribution in [1.82, 2.24) is 4.90 Å². The quantitative estimate of drug-likeness (QED) is 0.703. The largest absolute Gasteiger partial charge is 0.444 e. The summed E-state index contributed by atoms with van der Waals surface area (Å²) in [4.78, 5) is 14.3. The minimum atomic E-state index is -0.576. The highest BCUT2D eigenvalue weighted by Gasteiger charge is 2.38. The summed E-state index contributed by atoms with van der Waals surface area (Å²) >= 11 is 0. The topological polar surface area (TPSA) is 48.0 Å². The Morgan fingerprint density at radius 3 is 2.54 bits per heavy atom. The van der Waals surface area contributed by atoms with Crippen LogP contribution in [0.3, 0.4) is 0 Å². The van der Waals surface area contributed by atoms with Crippen LogP contribution in [0.25, 0.3) is 0 Å². The molecule has 1 aromatic carbocycles. The van der Waals surface area contributed by atoms with Crippen LogP contribution in [0.15, 0.2) is 55.6 Å². The molecule has 1 aliphatic rings. The van der Waals surface area contributed by atoms with Gasteiger partial charge in [-0.25, -0.2) is 4.79 Å². The minimum Gasteiger partial charge on any atom is -0.444 e. The zero-order valence-corrected chi connectivity index (χ0v) is 15.9. The van der Waals surface area contributed by atoms with Gasteiger partial charge >= 0.3 is 6.09 Å². The van der Waals surface area contributed by atoms with Gasteiger partial charge in [0.15, 0.2) is 6.29 Å². The Balaban J connectivity index is 2.18. The van der Waals surface area contributed by atoms with E-state index in [1.165, 1.54) is 0 Å². The maximum absolute atomic E-state index is 12.7. The standard InChI is InChI=1S/C21H29NO4/c1-6-11-18-17(22(14-7-2)20(23)26-21(3,4)5)15-24-19(25-18)16-12-9-8-10-13-16/h6-10,12-13,17-19H,1-2,11,14-15H2,3-5H3/t17-,18+,19?/m1/s1. The molecule has 1 saturated heterocycles. The van der Waals surface area contributed by atoms with Gasteiger partial charge in [-0.2, -0.15) is 0 Å². The molecule has 1 fully saturated rings. The molecule has 3 atom stereocenters. The highest BCUT2D eigenvalue weighted by molar-refractivity contribution is 5.69. The van der Waals surface area contributed by atoms with Gasteiger partial charge in [-0.05, 0) is 27.2 Å². The second-order valence-corrected chi connectivity index (χ2v) is 7.26. The fourth-order valence-electron chi connectivity index (χ4n) is 2.84. The third-order valence-corrected chi connectivity index (χ3v) is 3.97. The van der Waals surface area contributed by atoms with Crippen molar-refractivity contribution in [3.8, 4) is 0 Å². The highest BCUT2D eigenvalue weighted by Crippen LogP contribution is 2.30. The van der Waals surface area contributed by atoms with Gasteiger partial charge in [0, 0.05) is 12.1 Å². The zero-order valence-electron chi connectivity index (χ0n) is 15.9. The molecule has 1 heterocycles. The lowest BCUT2D eigenvalue weighted by atomic mass is 10.0. The predicted octanol–water partition coefficient (Wildman–Crippen LogP) is 4.47. The third-order valence-electron chi connectivity index (χ3n) is 3.97. The SMILES string of the molecule is C=CC[C@@H]1OC(c2ccccc2)OC[C@H]1N(CC=C)C(=O)OC(C)(C)C. The van der Waals surface area contributed by atoms with E-state index in [1.807, 2.05) is 51.1 Å². The van der Waals surface area contributed by atoms with Gasteiger partial charge in [-0.15, -0.1) is 13.2 Å². The van der Waals surface area contributed by atoms with Gasteiger partial charge < -0.3 is 14.2 Å². The van der Waals surface area contributed by atoms with Crippen molar-refractivity contribution in [1.29, 1.82) is 0 Å². The summed E-state index contributed by atoms with van der Waals surface area (Å²) in [5, 5.41) is 0. The fourth-order valence-corrected chi connectivity index (χ4v) is 2.84. The van der Waals surface area contributed by atoms with Crippen molar-refractivity contribution in [2.75, 3.05) is 13.2 Å². The van der Waals surface area contributed by atoms with E-state index >= 15 is 0 Å². The van der Waals surface area contributed by atoms with Crippen LogP contribution in [0, 0.1) is 0 Å². The summed E-state index contributed by atoms with van der Waals surface area (Å²) in [5.41, 5.74) is 0.375. The molecule has 0 N–H and O–H groups in total. The van der Waals surface area contributed by atoms with E-state index in [1.54, 1.807) is 17.1 Å². The molecule has 0 aliphatic carbocycles. The van der Waals surface area contributed by atoms with Gasteiger partial charge in [0.2, 0.25) is 0 Å². The number of amides is 1. The number of benzene rings is 1. The second kappa shape index (κ2) is 9.01. The Bertz CT molecular complexity index is 608. The first-order valence-corrected chi connectivity index (χ1v) is 8.89. The Morgan fingerprint density at radius 1 is 1.27 bits per heavy atom. The Hall–Kier alpha value is -2.11. The number of nitrogens with zero attached hydrogens (tertiary/aromatic N) is 1. The summed E-state index contributed by atoms with van der Waals surface area (Å²) < 4.78 is 17.6. The maximum atomic E-state index is 12.7. The Labute approximate surface area is 156 Å². The summed E-state index contributed by atoms with van der Waals surface area (Å²) in [5.74, 6) is 0. The lowest BCUT2D eigenvalue weighted by Crippen LogP contribution is -2.54. The van der Waals surface area contributed by atoms with Crippen LogP contribution in [0.4, 0.5) is 4.79 Å². The van der Waals surface area contributed by atoms with Crippen molar-refractivity contribution in [3.63, 3.8) is 0 Å². The number of carbonyl (C=O) groups excluding carboxylic acids is 1. The molecule has 0 bridgehead atoms. The first kappa shape index (κ1) is 20.2. The van der Waals surface area contributed by atoms with Crippen molar-refractivity contribution < 1.29 is 19.0 Å². The van der Waals surface area contributed by atoms with Crippen molar-refractivity contribution in [2.24, 2.45) is 0 Å². The number of ether oxygens (including phenoxy) is 3. The van der Waals surface area contributed by atoms with E-state index in [0.717, 1.165) is 5.56 Å². The zero-order chi connectivity index (χ0) is 19.2. The Kier molecular flexibility index (Phi) is 7.00. The first-order valence-electron chi connectivity index (χ1n) is 8.89. The molecule has 26 heavy (non-hydrogen) atoms. The predicted molar refractivity (Wildman–Crippen MR) is 102 cm³/mol. The molecule has 1 amide bonds. The van der Waals surface area contributed by atoms with Crippen LogP contribution >= 0.6 is 0 Å². The first-order chi connectivity index (χ1) is 12.4. The van der Waals surface area contributed by atoms with E-state index in [0.29, 0.717) is 19.6 Å². The van der Waals surface area contributed by atoms with Crippen LogP contribution < -0.4 is 0 Å². The van der Waals surface area contributed by atoms with E-state index < -0.39 is 18.0 Å². The third kappa shape index (κ3) is 5.44. The summed E-state index contributed by atoms with van der Waals surface area (Å²) in [6, 6.07) is 9.49. The Morgan fingerprint density at radius 2 is 1.96 bits per heavy atom. The number of hydrogen-bond acceptors (Lipinski definition) is 4. The molecule has 0 aromatic heterocycles. The summed E-state index contributed by atoms with van der Waals surface area (Å²) in [7, 11) is 0. The molecule has 0 saturated carbocycles. The maximum Gasteiger partial charge on any atom is 0.410 e. The lowest BCUT2D eigenvalue weighted by molar-refractivity contribution is -0.240. The van der Waals surface area contributed by atoms with Crippen LogP contribution in [0.5, 0.6) is 0 Å². The monoisotopic (exact) mass is 359 g/mol. The van der Waals surface area contributed by atoms with Gasteiger partial charge in [0.05, 0.1) is 18.8 Å². The average molecular weight is 359 g/mol. The molecule has 142 valence electrons. The molecule has 0 radical (unpaired) electrons. The normalized spacial score (nSPS) is 23.1. The molecule has 1 aromatic rings. The average Bonchev–Trinajstić information content (AvgIpc) is 2.59. The molecule has 1 aliphatic heterocycles. The van der Waals surface area contributed by atoms with Crippen molar-refractivity contribution >= 4 is 6.09 Å². The molecule has 5 nitrogen and oxygen atoms in total. The minimum absolute atomic E-state index is 0.237. The molecular weight excluding hydrogens is 330 g/mol. The van der Waals surface area contributed by atoms with Crippen molar-refractivity contribution in [2.45, 2.75) is 51.2 Å². The smallest absolute Gasteiger partial charge is 0.410 e. The molecule has 2 rings (SSSR count). The van der Waals surface area contributed by atoms with Crippen LogP contribution in [-0.2, 0) is 14.2 Å². The van der Waals surface area contributed by atoms with E-state index in [4.69, 9.17) is 14.2 Å². The van der Waals surface area contributed by atoms with E-state index in [9.17, 15) is 4.79 Å². The number of rotatable bonds is 6. The molecule has 1 unspecified atom stereocenters. The van der Waals surface area contributed by atoms with Crippen molar-refractivity contribution in [3.05, 3.63) is 61.2 Å². The van der Waals surface area contributed by atoms with Gasteiger partial charge in [-0.1, -0.05) is 42.5 Å². The van der Waals surface area contributed by atoms with E-state index in [-0.39, 0.29) is 12.1 Å². The summed E-state index contributed by atoms with van der Waals surface area (Å²) in [6.45, 7) is 13.8. The number of hydrogen-bond donors (Lipinski definition) is 0. The van der Waals surface area contributed by atoms with Crippen LogP contribution in [0.1, 0.15) is 39.0 Å². The van der Waals surface area contributed by atoms with Gasteiger partial charge in [0.25, 0.3) is 0 Å². The number of carbonyl (C=O) groups is 1. The van der Waals surface area contributed by atoms with Crippen LogP contribution in [0.2, 0.25) is 0 Å². The highest BCUT2D eigenvalue weighted by atomic mass is 16.7. The fraction of sp³-hybridized carbons (Fsp3) is 0.476. The lowest BCUT2D eigenvalue weighted by Gasteiger charge is -2.42. The van der Waals surface area contributed by atoms with E-state index in [2.05, 4.69) is 13.2 Å². The molecule has 5 heteroatoms.